The number of ether oxygens (including phenoxy) is 1. The molecule has 4 nitrogen and oxygen atoms in total. The first kappa shape index (κ1) is 27.0. The van der Waals surface area contributed by atoms with Crippen molar-refractivity contribution in [1.82, 2.24) is 4.98 Å². The summed E-state index contributed by atoms with van der Waals surface area (Å²) in [5.74, 6) is -8.65. The van der Waals surface area contributed by atoms with Gasteiger partial charge in [0.05, 0.1) is 11.2 Å². The molecule has 14 heteroatoms. The maximum Gasteiger partial charge on any atom is 0.433 e. The van der Waals surface area contributed by atoms with Crippen LogP contribution in [0.25, 0.3) is 10.9 Å². The molecule has 0 fully saturated rings. The van der Waals surface area contributed by atoms with Crippen molar-refractivity contribution < 1.29 is 53.4 Å². The summed E-state index contributed by atoms with van der Waals surface area (Å²) in [5, 5.41) is 2.58. The molecular weight excluding hydrogens is 514 g/mol. The van der Waals surface area contributed by atoms with Gasteiger partial charge in [0.2, 0.25) is 0 Å². The van der Waals surface area contributed by atoms with Crippen LogP contribution in [0.4, 0.5) is 49.6 Å². The first-order valence-electron chi connectivity index (χ1n) is 9.77. The zero-order valence-electron chi connectivity index (χ0n) is 17.8. The van der Waals surface area contributed by atoms with Crippen molar-refractivity contribution in [3.05, 3.63) is 65.4 Å². The Bertz CT molecular complexity index is 1280. The van der Waals surface area contributed by atoms with Gasteiger partial charge in [0.25, 0.3) is 11.6 Å². The molecule has 2 aromatic carbocycles. The van der Waals surface area contributed by atoms with Gasteiger partial charge in [-0.05, 0) is 48.9 Å². The Morgan fingerprint density at radius 2 is 1.64 bits per heavy atom. The quantitative estimate of drug-likeness (QED) is 0.335. The van der Waals surface area contributed by atoms with Crippen LogP contribution in [0.3, 0.4) is 0 Å². The van der Waals surface area contributed by atoms with Crippen molar-refractivity contribution in [2.75, 3.05) is 5.32 Å². The predicted molar refractivity (Wildman–Crippen MR) is 107 cm³/mol. The highest BCUT2D eigenvalue weighted by atomic mass is 19.4. The van der Waals surface area contributed by atoms with E-state index < -0.39 is 59.3 Å². The number of hydrogen-bond acceptors (Lipinski definition) is 3. The molecule has 1 unspecified atom stereocenters. The molecule has 3 rings (SSSR count). The molecule has 1 heterocycles. The van der Waals surface area contributed by atoms with Crippen LogP contribution in [0.2, 0.25) is 0 Å². The Labute approximate surface area is 195 Å². The minimum Gasteiger partial charge on any atom is -0.433 e. The molecule has 1 atom stereocenters. The minimum absolute atomic E-state index is 0.0682. The SMILES string of the molecule is Cc1cc(C(F)(C(F)(F)F)C(F)(F)C(F)F)cc(OC(F)F)c1NC(=O)c1ccc2ncccc2c1. The van der Waals surface area contributed by atoms with Gasteiger partial charge in [-0.3, -0.25) is 9.78 Å². The van der Waals surface area contributed by atoms with Crippen molar-refractivity contribution in [3.8, 4) is 5.75 Å². The van der Waals surface area contributed by atoms with Crippen LogP contribution in [0.5, 0.6) is 5.75 Å². The van der Waals surface area contributed by atoms with Crippen molar-refractivity contribution in [1.29, 1.82) is 0 Å². The second kappa shape index (κ2) is 9.47. The van der Waals surface area contributed by atoms with E-state index >= 15 is 0 Å². The van der Waals surface area contributed by atoms with Crippen molar-refractivity contribution in [2.45, 2.75) is 37.7 Å². The largest absolute Gasteiger partial charge is 0.433 e. The number of fused-ring (bicyclic) bond motifs is 1. The highest BCUT2D eigenvalue weighted by molar-refractivity contribution is 6.07. The van der Waals surface area contributed by atoms with E-state index in [4.69, 9.17) is 0 Å². The number of pyridine rings is 1. The topological polar surface area (TPSA) is 51.2 Å². The molecule has 1 N–H and O–H groups in total. The molecule has 3 aromatic rings. The fourth-order valence-corrected chi connectivity index (χ4v) is 3.40. The molecular formula is C22H14F10N2O2. The summed E-state index contributed by atoms with van der Waals surface area (Å²) < 4.78 is 138. The van der Waals surface area contributed by atoms with Crippen molar-refractivity contribution in [2.24, 2.45) is 0 Å². The Morgan fingerprint density at radius 3 is 2.22 bits per heavy atom. The maximum absolute atomic E-state index is 14.9. The van der Waals surface area contributed by atoms with Crippen LogP contribution in [-0.2, 0) is 5.67 Å². The second-order valence-electron chi connectivity index (χ2n) is 7.49. The number of rotatable bonds is 7. The van der Waals surface area contributed by atoms with Gasteiger partial charge in [0, 0.05) is 22.7 Å². The van der Waals surface area contributed by atoms with E-state index in [1.54, 1.807) is 12.1 Å². The average molecular weight is 528 g/mol. The number of carbonyl (C=O) groups excluding carboxylic acids is 1. The Morgan fingerprint density at radius 1 is 0.972 bits per heavy atom. The maximum atomic E-state index is 14.9. The Kier molecular flexibility index (Phi) is 7.10. The number of aryl methyl sites for hydroxylation is 1. The summed E-state index contributed by atoms with van der Waals surface area (Å²) in [4.78, 5) is 16.7. The molecule has 0 aliphatic heterocycles. The van der Waals surface area contributed by atoms with Crippen LogP contribution in [0, 0.1) is 6.92 Å². The van der Waals surface area contributed by atoms with Gasteiger partial charge in [0.15, 0.2) is 0 Å². The zero-order chi connectivity index (χ0) is 27.1. The lowest BCUT2D eigenvalue weighted by Gasteiger charge is -2.35. The number of hydrogen-bond donors (Lipinski definition) is 1. The van der Waals surface area contributed by atoms with Gasteiger partial charge in [-0.1, -0.05) is 6.07 Å². The van der Waals surface area contributed by atoms with E-state index in [1.807, 2.05) is 0 Å². The second-order valence-corrected chi connectivity index (χ2v) is 7.49. The van der Waals surface area contributed by atoms with E-state index in [9.17, 15) is 48.7 Å². The number of carbonyl (C=O) groups is 1. The van der Waals surface area contributed by atoms with Gasteiger partial charge in [0.1, 0.15) is 5.75 Å². The van der Waals surface area contributed by atoms with Gasteiger partial charge in [-0.15, -0.1) is 0 Å². The summed E-state index contributed by atoms with van der Waals surface area (Å²) in [7, 11) is 0. The number of benzene rings is 2. The highest BCUT2D eigenvalue weighted by Crippen LogP contribution is 2.56. The fourth-order valence-electron chi connectivity index (χ4n) is 3.40. The average Bonchev–Trinajstić information content (AvgIpc) is 2.78. The third-order valence-corrected chi connectivity index (χ3v) is 5.14. The molecule has 0 bridgehead atoms. The third-order valence-electron chi connectivity index (χ3n) is 5.14. The molecule has 0 saturated carbocycles. The molecule has 36 heavy (non-hydrogen) atoms. The lowest BCUT2D eigenvalue weighted by molar-refractivity contribution is -0.334. The van der Waals surface area contributed by atoms with Crippen LogP contribution in [0.15, 0.2) is 48.7 Å². The molecule has 0 aliphatic carbocycles. The van der Waals surface area contributed by atoms with E-state index in [0.717, 1.165) is 6.92 Å². The normalized spacial score (nSPS) is 14.2. The number of alkyl halides is 10. The summed E-state index contributed by atoms with van der Waals surface area (Å²) in [6.45, 7) is -2.92. The third kappa shape index (κ3) is 4.75. The van der Waals surface area contributed by atoms with Crippen molar-refractivity contribution >= 4 is 22.5 Å². The Balaban J connectivity index is 2.12. The smallest absolute Gasteiger partial charge is 0.433 e. The van der Waals surface area contributed by atoms with Crippen LogP contribution in [0.1, 0.15) is 21.5 Å². The van der Waals surface area contributed by atoms with E-state index in [0.29, 0.717) is 10.9 Å². The lowest BCUT2D eigenvalue weighted by Crippen LogP contribution is -2.56. The summed E-state index contributed by atoms with van der Waals surface area (Å²) in [6.07, 6.45) is -10.2. The molecule has 194 valence electrons. The van der Waals surface area contributed by atoms with Gasteiger partial charge < -0.3 is 10.1 Å². The van der Waals surface area contributed by atoms with E-state index in [1.165, 1.54) is 24.4 Å². The van der Waals surface area contributed by atoms with Gasteiger partial charge in [-0.2, -0.15) is 30.7 Å². The number of nitrogens with zero attached hydrogens (tertiary/aromatic N) is 1. The molecule has 0 saturated heterocycles. The van der Waals surface area contributed by atoms with Crippen LogP contribution < -0.4 is 10.1 Å². The van der Waals surface area contributed by atoms with Crippen LogP contribution >= 0.6 is 0 Å². The number of halogens is 10. The summed E-state index contributed by atoms with van der Waals surface area (Å²) in [6, 6.07) is 7.05. The first-order chi connectivity index (χ1) is 16.6. The predicted octanol–water partition coefficient (Wildman–Crippen LogP) is 7.02. The first-order valence-corrected chi connectivity index (χ1v) is 9.77. The Hall–Kier alpha value is -3.58. The fraction of sp³-hybridized carbons (Fsp3) is 0.273. The number of amides is 1. The van der Waals surface area contributed by atoms with Gasteiger partial charge >= 0.3 is 25.1 Å². The zero-order valence-corrected chi connectivity index (χ0v) is 17.8. The van der Waals surface area contributed by atoms with Gasteiger partial charge in [-0.25, -0.2) is 13.2 Å². The summed E-state index contributed by atoms with van der Waals surface area (Å²) >= 11 is 0. The van der Waals surface area contributed by atoms with Crippen LogP contribution in [-0.4, -0.2) is 36.0 Å². The van der Waals surface area contributed by atoms with E-state index in [-0.39, 0.29) is 17.7 Å². The molecule has 1 aromatic heterocycles. The standard InChI is InChI=1S/C22H14F10N2O2/c1-10-7-13(20(27,22(30,31)32)21(28,29)18(23)24)9-15(36-19(25)26)16(10)34-17(35)12-4-5-14-11(8-12)3-2-6-33-14/h2-9,18-19H,1H3,(H,34,35). The molecule has 0 aliphatic rings. The lowest BCUT2D eigenvalue weighted by atomic mass is 9.86. The minimum atomic E-state index is -6.59. The van der Waals surface area contributed by atoms with E-state index in [2.05, 4.69) is 15.0 Å². The molecule has 0 spiro atoms. The highest BCUT2D eigenvalue weighted by Gasteiger charge is 2.75. The number of aromatic nitrogens is 1. The molecule has 1 amide bonds. The monoisotopic (exact) mass is 528 g/mol. The number of anilines is 1. The number of nitrogens with one attached hydrogen (secondary N) is 1. The summed E-state index contributed by atoms with van der Waals surface area (Å²) in [5.41, 5.74) is -9.06. The molecule has 0 radical (unpaired) electrons. The van der Waals surface area contributed by atoms with Crippen molar-refractivity contribution in [3.63, 3.8) is 0 Å².